The van der Waals surface area contributed by atoms with Crippen molar-refractivity contribution in [2.24, 2.45) is 0 Å². The topological polar surface area (TPSA) is 95.9 Å². The van der Waals surface area contributed by atoms with Gasteiger partial charge in [0.25, 0.3) is 0 Å². The van der Waals surface area contributed by atoms with Crippen LogP contribution >= 0.6 is 0 Å². The van der Waals surface area contributed by atoms with E-state index in [4.69, 9.17) is 5.11 Å². The third kappa shape index (κ3) is 6.27. The Balaban J connectivity index is 4.70. The molecule has 3 N–H and O–H groups in total. The van der Waals surface area contributed by atoms with E-state index >= 15 is 0 Å². The fourth-order valence-electron chi connectivity index (χ4n) is 1.05. The van der Waals surface area contributed by atoms with E-state index in [1.165, 1.54) is 20.8 Å². The maximum atomic E-state index is 12.5. The SMILES string of the molecule is CC(C)(C)OC(=O)NCC(O)(CC(=O)O)C(F)(F)F. The number of aliphatic carboxylic acids is 1. The van der Waals surface area contributed by atoms with Crippen molar-refractivity contribution in [1.29, 1.82) is 0 Å². The van der Waals surface area contributed by atoms with Crippen molar-refractivity contribution < 1.29 is 37.7 Å². The fraction of sp³-hybridized carbons (Fsp3) is 0.800. The number of aliphatic hydroxyl groups is 1. The van der Waals surface area contributed by atoms with Gasteiger partial charge in [0.2, 0.25) is 0 Å². The molecule has 0 aliphatic carbocycles. The van der Waals surface area contributed by atoms with Crippen molar-refractivity contribution in [1.82, 2.24) is 5.32 Å². The third-order valence-electron chi connectivity index (χ3n) is 1.90. The summed E-state index contributed by atoms with van der Waals surface area (Å²) in [6, 6.07) is 0. The van der Waals surface area contributed by atoms with Crippen molar-refractivity contribution in [3.8, 4) is 0 Å². The summed E-state index contributed by atoms with van der Waals surface area (Å²) in [5.41, 5.74) is -4.47. The first-order chi connectivity index (χ1) is 8.27. The van der Waals surface area contributed by atoms with Crippen molar-refractivity contribution >= 4 is 12.1 Å². The molecule has 0 aromatic rings. The lowest BCUT2D eigenvalue weighted by Crippen LogP contribution is -2.55. The van der Waals surface area contributed by atoms with E-state index in [2.05, 4.69) is 4.74 Å². The highest BCUT2D eigenvalue weighted by Crippen LogP contribution is 2.32. The van der Waals surface area contributed by atoms with Crippen LogP contribution in [0.15, 0.2) is 0 Å². The van der Waals surface area contributed by atoms with Gasteiger partial charge >= 0.3 is 18.2 Å². The summed E-state index contributed by atoms with van der Waals surface area (Å²) in [5.74, 6) is -1.84. The monoisotopic (exact) mass is 287 g/mol. The molecule has 0 rings (SSSR count). The van der Waals surface area contributed by atoms with Gasteiger partial charge in [-0.3, -0.25) is 4.79 Å². The molecule has 0 aromatic heterocycles. The zero-order chi connectivity index (χ0) is 15.5. The third-order valence-corrected chi connectivity index (χ3v) is 1.90. The first-order valence-corrected chi connectivity index (χ1v) is 5.24. The average Bonchev–Trinajstić information content (AvgIpc) is 2.09. The first kappa shape index (κ1) is 17.5. The summed E-state index contributed by atoms with van der Waals surface area (Å²) in [7, 11) is 0. The second kappa shape index (κ2) is 5.64. The van der Waals surface area contributed by atoms with Gasteiger partial charge in [-0.1, -0.05) is 0 Å². The van der Waals surface area contributed by atoms with E-state index in [-0.39, 0.29) is 0 Å². The molecule has 6 nitrogen and oxygen atoms in total. The van der Waals surface area contributed by atoms with Crippen LogP contribution in [0.4, 0.5) is 18.0 Å². The minimum Gasteiger partial charge on any atom is -0.481 e. The minimum atomic E-state index is -5.19. The maximum absolute atomic E-state index is 12.5. The molecule has 112 valence electrons. The average molecular weight is 287 g/mol. The van der Waals surface area contributed by atoms with Crippen LogP contribution in [0.3, 0.4) is 0 Å². The summed E-state index contributed by atoms with van der Waals surface area (Å²) in [5, 5.41) is 19.3. The second-order valence-electron chi connectivity index (χ2n) is 4.96. The van der Waals surface area contributed by atoms with E-state index in [1.807, 2.05) is 0 Å². The number of nitrogens with one attached hydrogen (secondary N) is 1. The molecule has 0 heterocycles. The Morgan fingerprint density at radius 3 is 2.00 bits per heavy atom. The van der Waals surface area contributed by atoms with E-state index < -0.39 is 42.4 Å². The summed E-state index contributed by atoms with van der Waals surface area (Å²) in [4.78, 5) is 21.5. The number of ether oxygens (including phenoxy) is 1. The molecule has 9 heteroatoms. The number of alkyl halides is 3. The van der Waals surface area contributed by atoms with Crippen LogP contribution in [-0.4, -0.2) is 46.2 Å². The number of hydrogen-bond acceptors (Lipinski definition) is 4. The zero-order valence-electron chi connectivity index (χ0n) is 10.7. The molecule has 19 heavy (non-hydrogen) atoms. The number of halogens is 3. The molecule has 1 unspecified atom stereocenters. The van der Waals surface area contributed by atoms with Crippen LogP contribution < -0.4 is 5.32 Å². The molecule has 1 amide bonds. The minimum absolute atomic E-state index is 0.923. The van der Waals surface area contributed by atoms with Gasteiger partial charge in [-0.2, -0.15) is 13.2 Å². The van der Waals surface area contributed by atoms with E-state index in [0.717, 1.165) is 0 Å². The lowest BCUT2D eigenvalue weighted by molar-refractivity contribution is -0.259. The molecule has 0 bridgehead atoms. The largest absolute Gasteiger partial charge is 0.481 e. The number of carbonyl (C=O) groups is 2. The molecular formula is C10H16F3NO5. The molecule has 0 saturated heterocycles. The quantitative estimate of drug-likeness (QED) is 0.724. The highest BCUT2D eigenvalue weighted by Gasteiger charge is 2.55. The highest BCUT2D eigenvalue weighted by atomic mass is 19.4. The van der Waals surface area contributed by atoms with E-state index in [9.17, 15) is 27.9 Å². The normalized spacial score (nSPS) is 15.5. The Bertz CT molecular complexity index is 350. The van der Waals surface area contributed by atoms with Gasteiger partial charge in [0.1, 0.15) is 5.60 Å². The van der Waals surface area contributed by atoms with Gasteiger partial charge in [-0.15, -0.1) is 0 Å². The van der Waals surface area contributed by atoms with Crippen LogP contribution in [0.2, 0.25) is 0 Å². The predicted octanol–water partition coefficient (Wildman–Crippen LogP) is 1.28. The van der Waals surface area contributed by atoms with Crippen molar-refractivity contribution in [2.45, 2.75) is 44.6 Å². The van der Waals surface area contributed by atoms with Crippen LogP contribution in [0.1, 0.15) is 27.2 Å². The van der Waals surface area contributed by atoms with E-state index in [1.54, 1.807) is 5.32 Å². The zero-order valence-corrected chi connectivity index (χ0v) is 10.7. The Labute approximate surface area is 107 Å². The summed E-state index contributed by atoms with van der Waals surface area (Å²) >= 11 is 0. The van der Waals surface area contributed by atoms with Gasteiger partial charge in [0.15, 0.2) is 5.60 Å². The van der Waals surface area contributed by atoms with Crippen LogP contribution in [0.25, 0.3) is 0 Å². The number of amides is 1. The first-order valence-electron chi connectivity index (χ1n) is 5.24. The molecule has 0 aromatic carbocycles. The molecule has 0 aliphatic rings. The summed E-state index contributed by atoms with van der Waals surface area (Å²) in [6.07, 6.45) is -7.95. The van der Waals surface area contributed by atoms with Gasteiger partial charge in [0, 0.05) is 0 Å². The maximum Gasteiger partial charge on any atom is 0.419 e. The van der Waals surface area contributed by atoms with Crippen LogP contribution in [0.5, 0.6) is 0 Å². The van der Waals surface area contributed by atoms with Crippen LogP contribution in [-0.2, 0) is 9.53 Å². The molecule has 0 spiro atoms. The standard InChI is InChI=1S/C10H16F3NO5/c1-8(2,3)19-7(17)14-5-9(18,4-6(15)16)10(11,12)13/h18H,4-5H2,1-3H3,(H,14,17)(H,15,16). The number of carboxylic acids is 1. The molecule has 0 radical (unpaired) electrons. The Kier molecular flexibility index (Phi) is 5.19. The van der Waals surface area contributed by atoms with Gasteiger partial charge in [-0.25, -0.2) is 4.79 Å². The molecular weight excluding hydrogens is 271 g/mol. The number of carbonyl (C=O) groups excluding carboxylic acids is 1. The van der Waals surface area contributed by atoms with Crippen LogP contribution in [0, 0.1) is 0 Å². The predicted molar refractivity (Wildman–Crippen MR) is 57.5 cm³/mol. The van der Waals surface area contributed by atoms with Gasteiger partial charge in [-0.05, 0) is 20.8 Å². The summed E-state index contributed by atoms with van der Waals surface area (Å²) < 4.78 is 42.3. The van der Waals surface area contributed by atoms with Crippen molar-refractivity contribution in [3.63, 3.8) is 0 Å². The Morgan fingerprint density at radius 2 is 1.68 bits per heavy atom. The van der Waals surface area contributed by atoms with Gasteiger partial charge in [0.05, 0.1) is 13.0 Å². The fourth-order valence-corrected chi connectivity index (χ4v) is 1.05. The lowest BCUT2D eigenvalue weighted by Gasteiger charge is -2.29. The Hall–Kier alpha value is -1.51. The van der Waals surface area contributed by atoms with Crippen molar-refractivity contribution in [2.75, 3.05) is 6.54 Å². The van der Waals surface area contributed by atoms with Crippen molar-refractivity contribution in [3.05, 3.63) is 0 Å². The second-order valence-corrected chi connectivity index (χ2v) is 4.96. The molecule has 0 aliphatic heterocycles. The number of hydrogen-bond donors (Lipinski definition) is 3. The highest BCUT2D eigenvalue weighted by molar-refractivity contribution is 5.70. The number of carboxylic acid groups (broad SMARTS) is 1. The molecule has 0 saturated carbocycles. The number of rotatable bonds is 4. The van der Waals surface area contributed by atoms with E-state index in [0.29, 0.717) is 0 Å². The number of alkyl carbamates (subject to hydrolysis) is 1. The van der Waals surface area contributed by atoms with Gasteiger partial charge < -0.3 is 20.3 Å². The molecule has 0 fully saturated rings. The smallest absolute Gasteiger partial charge is 0.419 e. The Morgan fingerprint density at radius 1 is 1.21 bits per heavy atom. The lowest BCUT2D eigenvalue weighted by atomic mass is 9.99. The summed E-state index contributed by atoms with van der Waals surface area (Å²) in [6.45, 7) is 3.19. The molecule has 1 atom stereocenters.